The van der Waals surface area contributed by atoms with Crippen LogP contribution >= 0.6 is 0 Å². The fourth-order valence-corrected chi connectivity index (χ4v) is 2.85. The van der Waals surface area contributed by atoms with E-state index in [0.717, 1.165) is 0 Å². The van der Waals surface area contributed by atoms with Gasteiger partial charge in [-0.15, -0.1) is 0 Å². The van der Waals surface area contributed by atoms with Gasteiger partial charge in [0.1, 0.15) is 18.1 Å². The maximum Gasteiger partial charge on any atom is 0.328 e. The van der Waals surface area contributed by atoms with Crippen molar-refractivity contribution in [1.29, 1.82) is 0 Å². The lowest BCUT2D eigenvalue weighted by atomic mass is 9.96. The molecule has 0 aliphatic rings. The van der Waals surface area contributed by atoms with E-state index in [1.165, 1.54) is 13.8 Å². The van der Waals surface area contributed by atoms with Crippen LogP contribution in [0.3, 0.4) is 0 Å². The summed E-state index contributed by atoms with van der Waals surface area (Å²) in [6, 6.07) is -5.15. The summed E-state index contributed by atoms with van der Waals surface area (Å²) in [6.45, 7) is 6.19. The molecule has 0 saturated heterocycles. The van der Waals surface area contributed by atoms with Crippen LogP contribution in [0.1, 0.15) is 47.0 Å². The van der Waals surface area contributed by atoms with Crippen molar-refractivity contribution in [3.63, 3.8) is 0 Å². The molecule has 0 radical (unpaired) electrons. The quantitative estimate of drug-likeness (QED) is 0.0629. The van der Waals surface area contributed by atoms with Gasteiger partial charge >= 0.3 is 5.97 Å². The molecule has 0 rings (SSSR count). The lowest BCUT2D eigenvalue weighted by molar-refractivity contribution is -0.145. The molecule has 0 aliphatic heterocycles. The van der Waals surface area contributed by atoms with Crippen LogP contribution in [0, 0.1) is 5.92 Å². The molecule has 0 aromatic carbocycles. The zero-order valence-electron chi connectivity index (χ0n) is 20.0. The highest BCUT2D eigenvalue weighted by Gasteiger charge is 2.33. The average molecular weight is 490 g/mol. The molecule has 0 aliphatic carbocycles. The Bertz CT molecular complexity index is 726. The first-order valence-electron chi connectivity index (χ1n) is 11.0. The van der Waals surface area contributed by atoms with Crippen molar-refractivity contribution in [2.24, 2.45) is 28.1 Å². The molecule has 0 spiro atoms. The third-order valence-electron chi connectivity index (χ3n) is 5.24. The first-order chi connectivity index (χ1) is 15.7. The topological polar surface area (TPSA) is 255 Å². The van der Waals surface area contributed by atoms with E-state index < -0.39 is 60.1 Å². The zero-order valence-corrected chi connectivity index (χ0v) is 20.0. The zero-order chi connectivity index (χ0) is 26.6. The number of carboxylic acid groups (broad SMARTS) is 1. The van der Waals surface area contributed by atoms with E-state index in [1.807, 2.05) is 0 Å². The smallest absolute Gasteiger partial charge is 0.328 e. The molecule has 14 heteroatoms. The summed E-state index contributed by atoms with van der Waals surface area (Å²) in [5.74, 6) is -4.26. The van der Waals surface area contributed by atoms with Gasteiger partial charge < -0.3 is 48.5 Å². The summed E-state index contributed by atoms with van der Waals surface area (Å²) < 4.78 is 0. The van der Waals surface area contributed by atoms with Crippen molar-refractivity contribution in [3.05, 3.63) is 0 Å². The molecule has 7 atom stereocenters. The highest BCUT2D eigenvalue weighted by atomic mass is 16.4. The fourth-order valence-electron chi connectivity index (χ4n) is 2.85. The second-order valence-electron chi connectivity index (χ2n) is 8.21. The molecule has 0 aromatic rings. The molecule has 0 aromatic heterocycles. The standard InChI is InChI=1S/C20H39N7O7/c1-5-9(2)14(26-17(31)13(21)10(3)28)18(32)25-12(7-6-8-24-20(22)23)16(30)27-15(11(4)29)19(33)34/h9-15,28-29H,5-8,21H2,1-4H3,(H,25,32)(H,26,31)(H,27,30)(H,33,34)(H4,22,23,24). The maximum atomic E-state index is 13.0. The van der Waals surface area contributed by atoms with Gasteiger partial charge in [-0.1, -0.05) is 20.3 Å². The van der Waals surface area contributed by atoms with E-state index >= 15 is 0 Å². The highest BCUT2D eigenvalue weighted by molar-refractivity contribution is 5.94. The van der Waals surface area contributed by atoms with Crippen molar-refractivity contribution < 1.29 is 34.5 Å². The summed E-state index contributed by atoms with van der Waals surface area (Å²) in [6.07, 6.45) is -1.76. The molecule has 0 fully saturated rings. The lowest BCUT2D eigenvalue weighted by Crippen LogP contribution is -2.60. The fraction of sp³-hybridized carbons (Fsp3) is 0.750. The Morgan fingerprint density at radius 1 is 0.882 bits per heavy atom. The van der Waals surface area contributed by atoms with Crippen LogP contribution in [0.25, 0.3) is 0 Å². The Balaban J connectivity index is 5.67. The lowest BCUT2D eigenvalue weighted by Gasteiger charge is -2.28. The second-order valence-corrected chi connectivity index (χ2v) is 8.21. The SMILES string of the molecule is CCC(C)C(NC(=O)C(N)C(C)O)C(=O)NC(CCCN=C(N)N)C(=O)NC(C(=O)O)C(C)O. The number of nitrogens with one attached hydrogen (secondary N) is 3. The third-order valence-corrected chi connectivity index (χ3v) is 5.24. The number of carbonyl (C=O) groups excluding carboxylic acids is 3. The van der Waals surface area contributed by atoms with Crippen LogP contribution in [0.2, 0.25) is 0 Å². The number of hydrogen-bond donors (Lipinski definition) is 9. The Labute approximate surface area is 198 Å². The van der Waals surface area contributed by atoms with E-state index in [1.54, 1.807) is 13.8 Å². The van der Waals surface area contributed by atoms with Gasteiger partial charge in [-0.05, 0) is 32.6 Å². The molecule has 196 valence electrons. The van der Waals surface area contributed by atoms with Crippen LogP contribution in [-0.2, 0) is 19.2 Å². The van der Waals surface area contributed by atoms with Crippen molar-refractivity contribution in [2.45, 2.75) is 83.3 Å². The minimum Gasteiger partial charge on any atom is -0.480 e. The van der Waals surface area contributed by atoms with Crippen LogP contribution in [0.5, 0.6) is 0 Å². The number of amides is 3. The third kappa shape index (κ3) is 10.8. The van der Waals surface area contributed by atoms with Crippen LogP contribution in [0.4, 0.5) is 0 Å². The second kappa shape index (κ2) is 15.0. The molecular formula is C20H39N7O7. The number of guanidine groups is 1. The minimum atomic E-state index is -1.60. The molecule has 3 amide bonds. The number of aliphatic hydroxyl groups excluding tert-OH is 2. The van der Waals surface area contributed by atoms with Gasteiger partial charge in [-0.25, -0.2) is 4.79 Å². The van der Waals surface area contributed by atoms with Gasteiger partial charge in [-0.2, -0.15) is 0 Å². The molecule has 0 bridgehead atoms. The van der Waals surface area contributed by atoms with E-state index in [4.69, 9.17) is 17.2 Å². The maximum absolute atomic E-state index is 13.0. The summed E-state index contributed by atoms with van der Waals surface area (Å²) in [7, 11) is 0. The van der Waals surface area contributed by atoms with Gasteiger partial charge in [0.15, 0.2) is 12.0 Å². The number of carboxylic acids is 1. The predicted octanol–water partition coefficient (Wildman–Crippen LogP) is -3.29. The first-order valence-corrected chi connectivity index (χ1v) is 11.0. The normalized spacial score (nSPS) is 17.1. The molecule has 0 heterocycles. The van der Waals surface area contributed by atoms with Crippen LogP contribution < -0.4 is 33.2 Å². The number of carbonyl (C=O) groups is 4. The van der Waals surface area contributed by atoms with E-state index in [-0.39, 0.29) is 31.3 Å². The van der Waals surface area contributed by atoms with Gasteiger partial charge in [0.2, 0.25) is 17.7 Å². The minimum absolute atomic E-state index is 0.0366. The Kier molecular flexibility index (Phi) is 13.7. The summed E-state index contributed by atoms with van der Waals surface area (Å²) in [5.41, 5.74) is 16.2. The van der Waals surface area contributed by atoms with Crippen LogP contribution in [-0.4, -0.2) is 87.9 Å². The van der Waals surface area contributed by atoms with Crippen molar-refractivity contribution >= 4 is 29.7 Å². The molecule has 7 unspecified atom stereocenters. The predicted molar refractivity (Wildman–Crippen MR) is 124 cm³/mol. The van der Waals surface area contributed by atoms with Crippen molar-refractivity contribution in [3.8, 4) is 0 Å². The van der Waals surface area contributed by atoms with Crippen molar-refractivity contribution in [2.75, 3.05) is 6.54 Å². The number of nitrogens with zero attached hydrogens (tertiary/aromatic N) is 1. The molecular weight excluding hydrogens is 450 g/mol. The monoisotopic (exact) mass is 489 g/mol. The Morgan fingerprint density at radius 3 is 1.88 bits per heavy atom. The van der Waals surface area contributed by atoms with Crippen LogP contribution in [0.15, 0.2) is 4.99 Å². The van der Waals surface area contributed by atoms with E-state index in [0.29, 0.717) is 6.42 Å². The number of aliphatic carboxylic acids is 1. The number of rotatable bonds is 15. The molecule has 14 nitrogen and oxygen atoms in total. The number of aliphatic hydroxyl groups is 2. The van der Waals surface area contributed by atoms with Gasteiger partial charge in [0.25, 0.3) is 0 Å². The van der Waals surface area contributed by atoms with E-state index in [9.17, 15) is 34.5 Å². The summed E-state index contributed by atoms with van der Waals surface area (Å²) in [4.78, 5) is 53.3. The van der Waals surface area contributed by atoms with Crippen molar-refractivity contribution in [1.82, 2.24) is 16.0 Å². The number of aliphatic imine (C=N–C) groups is 1. The van der Waals surface area contributed by atoms with E-state index in [2.05, 4.69) is 20.9 Å². The van der Waals surface area contributed by atoms with Gasteiger partial charge in [-0.3, -0.25) is 19.4 Å². The highest BCUT2D eigenvalue weighted by Crippen LogP contribution is 2.10. The first kappa shape index (κ1) is 31.0. The summed E-state index contributed by atoms with van der Waals surface area (Å²) >= 11 is 0. The summed E-state index contributed by atoms with van der Waals surface area (Å²) in [5, 5.41) is 35.7. The number of nitrogens with two attached hydrogens (primary N) is 3. The average Bonchev–Trinajstić information content (AvgIpc) is 2.75. The molecule has 12 N–H and O–H groups in total. The Hall–Kier alpha value is -2.97. The Morgan fingerprint density at radius 2 is 1.44 bits per heavy atom. The van der Waals surface area contributed by atoms with Gasteiger partial charge in [0, 0.05) is 6.54 Å². The van der Waals surface area contributed by atoms with Gasteiger partial charge in [0.05, 0.1) is 12.2 Å². The largest absolute Gasteiger partial charge is 0.480 e. The molecule has 34 heavy (non-hydrogen) atoms. The molecule has 0 saturated carbocycles. The number of hydrogen-bond acceptors (Lipinski definition) is 8.